The second kappa shape index (κ2) is 10.1. The Labute approximate surface area is 196 Å². The number of hydrogen-bond donors (Lipinski definition) is 0. The van der Waals surface area contributed by atoms with Gasteiger partial charge in [0.1, 0.15) is 5.75 Å². The molecule has 4 aromatic rings. The molecule has 0 bridgehead atoms. The number of rotatable bonds is 8. The Hall–Kier alpha value is -3.35. The zero-order valence-corrected chi connectivity index (χ0v) is 19.1. The van der Waals surface area contributed by atoms with Crippen molar-refractivity contribution in [3.8, 4) is 17.0 Å². The van der Waals surface area contributed by atoms with Gasteiger partial charge in [-0.3, -0.25) is 0 Å². The first-order chi connectivity index (χ1) is 16.3. The largest absolute Gasteiger partial charge is 0.431 e. The van der Waals surface area contributed by atoms with Crippen LogP contribution in [-0.2, 0) is 13.0 Å². The number of piperidine rings is 1. The zero-order chi connectivity index (χ0) is 22.5. The third kappa shape index (κ3) is 5.18. The Morgan fingerprint density at radius 3 is 2.67 bits per heavy atom. The highest BCUT2D eigenvalue weighted by Gasteiger charge is 2.25. The molecule has 0 spiro atoms. The second-order valence-corrected chi connectivity index (χ2v) is 9.22. The second-order valence-electron chi connectivity index (χ2n) is 8.23. The minimum absolute atomic E-state index is 0.369. The molecule has 1 aliphatic rings. The number of hydrogen-bond acceptors (Lipinski definition) is 8. The summed E-state index contributed by atoms with van der Waals surface area (Å²) >= 11 is 1.56. The Morgan fingerprint density at radius 2 is 1.88 bits per heavy atom. The summed E-state index contributed by atoms with van der Waals surface area (Å²) in [6.07, 6.45) is 3.52. The summed E-state index contributed by atoms with van der Waals surface area (Å²) in [4.78, 5) is 7.04. The molecule has 0 aliphatic carbocycles. The first kappa shape index (κ1) is 21.5. The lowest BCUT2D eigenvalue weighted by Crippen LogP contribution is -2.35. The van der Waals surface area contributed by atoms with Crippen molar-refractivity contribution in [1.29, 1.82) is 5.26 Å². The van der Waals surface area contributed by atoms with Gasteiger partial charge in [-0.2, -0.15) is 5.26 Å². The quantitative estimate of drug-likeness (QED) is 0.385. The van der Waals surface area contributed by atoms with E-state index in [1.165, 1.54) is 5.56 Å². The highest BCUT2D eigenvalue weighted by atomic mass is 32.1. The summed E-state index contributed by atoms with van der Waals surface area (Å²) in [5.41, 5.74) is 2.27. The number of nitrogens with zero attached hydrogens (tertiary/aromatic N) is 7. The van der Waals surface area contributed by atoms with Gasteiger partial charge in [-0.1, -0.05) is 35.6 Å². The Kier molecular flexibility index (Phi) is 6.56. The van der Waals surface area contributed by atoms with E-state index in [1.54, 1.807) is 16.0 Å². The lowest BCUT2D eigenvalue weighted by Gasteiger charge is -2.31. The van der Waals surface area contributed by atoms with Gasteiger partial charge in [-0.15, -0.1) is 5.10 Å². The van der Waals surface area contributed by atoms with E-state index in [2.05, 4.69) is 49.7 Å². The van der Waals surface area contributed by atoms with Crippen LogP contribution in [0.25, 0.3) is 10.2 Å². The Bertz CT molecular complexity index is 1200. The molecule has 0 saturated carbocycles. The summed E-state index contributed by atoms with van der Waals surface area (Å²) < 4.78 is 8.88. The van der Waals surface area contributed by atoms with Crippen LogP contribution in [0.4, 0.5) is 0 Å². The van der Waals surface area contributed by atoms with E-state index in [4.69, 9.17) is 10.00 Å². The maximum atomic E-state index is 8.81. The number of thiazole rings is 1. The van der Waals surface area contributed by atoms with E-state index in [0.717, 1.165) is 60.7 Å². The summed E-state index contributed by atoms with van der Waals surface area (Å²) in [5.74, 6) is 2.11. The van der Waals surface area contributed by atoms with Crippen LogP contribution in [0.2, 0.25) is 0 Å². The van der Waals surface area contributed by atoms with E-state index < -0.39 is 0 Å². The molecular formula is C24H25N7OS. The molecule has 0 amide bonds. The molecule has 2 aromatic heterocycles. The molecule has 3 heterocycles. The lowest BCUT2D eigenvalue weighted by atomic mass is 9.95. The molecule has 0 N–H and O–H groups in total. The average Bonchev–Trinajstić information content (AvgIpc) is 3.49. The maximum absolute atomic E-state index is 8.81. The fourth-order valence-electron chi connectivity index (χ4n) is 4.24. The highest BCUT2D eigenvalue weighted by Crippen LogP contribution is 2.31. The number of likely N-dealkylation sites (tertiary alicyclic amines) is 1. The van der Waals surface area contributed by atoms with Crippen LogP contribution < -0.4 is 4.74 Å². The zero-order valence-electron chi connectivity index (χ0n) is 18.3. The standard InChI is InChI=1S/C24H25N7OS/c25-13-3-14-31-23(27-28-29-31)19-11-16-30(17-12-19)15-10-18-6-8-20(9-7-18)32-24-26-21-4-1-2-5-22(21)33-24/h1-2,4-9,19H,3,10-12,14-17H2. The van der Waals surface area contributed by atoms with Crippen molar-refractivity contribution in [3.05, 3.63) is 59.9 Å². The van der Waals surface area contributed by atoms with Crippen LogP contribution in [0, 0.1) is 11.3 Å². The summed E-state index contributed by atoms with van der Waals surface area (Å²) in [7, 11) is 0. The van der Waals surface area contributed by atoms with Crippen molar-refractivity contribution in [2.24, 2.45) is 0 Å². The van der Waals surface area contributed by atoms with Crippen molar-refractivity contribution in [2.75, 3.05) is 19.6 Å². The summed E-state index contributed by atoms with van der Waals surface area (Å²) in [5, 5.41) is 21.6. The van der Waals surface area contributed by atoms with Crippen molar-refractivity contribution < 1.29 is 4.74 Å². The van der Waals surface area contributed by atoms with Crippen molar-refractivity contribution in [2.45, 2.75) is 38.1 Å². The van der Waals surface area contributed by atoms with Gasteiger partial charge in [0.15, 0.2) is 5.82 Å². The molecule has 0 unspecified atom stereocenters. The van der Waals surface area contributed by atoms with E-state index >= 15 is 0 Å². The number of aryl methyl sites for hydroxylation is 1. The summed E-state index contributed by atoms with van der Waals surface area (Å²) in [6, 6.07) is 18.5. The van der Waals surface area contributed by atoms with E-state index in [0.29, 0.717) is 24.1 Å². The number of nitriles is 1. The fourth-order valence-corrected chi connectivity index (χ4v) is 5.08. The third-order valence-electron chi connectivity index (χ3n) is 6.07. The smallest absolute Gasteiger partial charge is 0.279 e. The van der Waals surface area contributed by atoms with Gasteiger partial charge in [0.2, 0.25) is 0 Å². The Morgan fingerprint density at radius 1 is 1.06 bits per heavy atom. The predicted molar refractivity (Wildman–Crippen MR) is 126 cm³/mol. The topological polar surface area (TPSA) is 92.8 Å². The molecule has 0 atom stereocenters. The highest BCUT2D eigenvalue weighted by molar-refractivity contribution is 7.20. The minimum atomic E-state index is 0.369. The van der Waals surface area contributed by atoms with Crippen LogP contribution in [0.3, 0.4) is 0 Å². The summed E-state index contributed by atoms with van der Waals surface area (Å²) in [6.45, 7) is 3.67. The van der Waals surface area contributed by atoms with Gasteiger partial charge in [0.05, 0.1) is 29.3 Å². The normalized spacial score (nSPS) is 15.0. The van der Waals surface area contributed by atoms with Gasteiger partial charge < -0.3 is 9.64 Å². The van der Waals surface area contributed by atoms with E-state index in [9.17, 15) is 0 Å². The van der Waals surface area contributed by atoms with Crippen LogP contribution in [-0.4, -0.2) is 49.7 Å². The third-order valence-corrected chi connectivity index (χ3v) is 6.98. The maximum Gasteiger partial charge on any atom is 0.279 e. The number of para-hydroxylation sites is 1. The molecule has 8 nitrogen and oxygen atoms in total. The lowest BCUT2D eigenvalue weighted by molar-refractivity contribution is 0.209. The molecule has 168 valence electrons. The molecule has 1 saturated heterocycles. The molecule has 1 fully saturated rings. The average molecular weight is 460 g/mol. The number of aromatic nitrogens is 5. The predicted octanol–water partition coefficient (Wildman–Crippen LogP) is 4.41. The van der Waals surface area contributed by atoms with Crippen LogP contribution in [0.15, 0.2) is 48.5 Å². The van der Waals surface area contributed by atoms with Crippen molar-refractivity contribution >= 4 is 21.6 Å². The molecule has 1 aliphatic heterocycles. The molecular weight excluding hydrogens is 434 g/mol. The molecule has 33 heavy (non-hydrogen) atoms. The molecule has 0 radical (unpaired) electrons. The number of tetrazole rings is 1. The number of ether oxygens (including phenoxy) is 1. The van der Waals surface area contributed by atoms with Gasteiger partial charge in [0.25, 0.3) is 5.19 Å². The first-order valence-corrected chi connectivity index (χ1v) is 12.1. The Balaban J connectivity index is 1.10. The van der Waals surface area contributed by atoms with Crippen LogP contribution >= 0.6 is 11.3 Å². The molecule has 2 aromatic carbocycles. The van der Waals surface area contributed by atoms with Crippen molar-refractivity contribution in [1.82, 2.24) is 30.1 Å². The molecule has 9 heteroatoms. The van der Waals surface area contributed by atoms with E-state index in [1.807, 2.05) is 30.3 Å². The fraction of sp³-hybridized carbons (Fsp3) is 0.375. The van der Waals surface area contributed by atoms with E-state index in [-0.39, 0.29) is 0 Å². The minimum Gasteiger partial charge on any atom is -0.431 e. The van der Waals surface area contributed by atoms with Gasteiger partial charge in [-0.05, 0) is 72.6 Å². The SMILES string of the molecule is N#CCCn1nnnc1C1CCN(CCc2ccc(Oc3nc4ccccc4s3)cc2)CC1. The number of fused-ring (bicyclic) bond motifs is 1. The first-order valence-electron chi connectivity index (χ1n) is 11.3. The van der Waals surface area contributed by atoms with Gasteiger partial charge >= 0.3 is 0 Å². The number of benzene rings is 2. The van der Waals surface area contributed by atoms with Crippen molar-refractivity contribution in [3.63, 3.8) is 0 Å². The van der Waals surface area contributed by atoms with Crippen LogP contribution in [0.5, 0.6) is 10.9 Å². The van der Waals surface area contributed by atoms with Gasteiger partial charge in [0, 0.05) is 12.5 Å². The van der Waals surface area contributed by atoms with Crippen LogP contribution in [0.1, 0.15) is 36.6 Å². The molecule has 5 rings (SSSR count). The monoisotopic (exact) mass is 459 g/mol. The van der Waals surface area contributed by atoms with Gasteiger partial charge in [-0.25, -0.2) is 9.67 Å².